The monoisotopic (exact) mass is 563 g/mol. The summed E-state index contributed by atoms with van der Waals surface area (Å²) < 4.78 is 48.9. The van der Waals surface area contributed by atoms with Crippen LogP contribution in [0.1, 0.15) is 40.9 Å². The van der Waals surface area contributed by atoms with Crippen molar-refractivity contribution in [1.82, 2.24) is 0 Å². The molecule has 0 radical (unpaired) electrons. The van der Waals surface area contributed by atoms with E-state index < -0.39 is 28.1 Å². The van der Waals surface area contributed by atoms with Crippen molar-refractivity contribution in [2.24, 2.45) is 5.18 Å². The number of hydrogen-bond donors (Lipinski definition) is 0. The van der Waals surface area contributed by atoms with Crippen LogP contribution in [0.4, 0.5) is 0 Å². The molecule has 0 saturated carbocycles. The fourth-order valence-corrected chi connectivity index (χ4v) is 4.91. The van der Waals surface area contributed by atoms with E-state index in [1.54, 1.807) is 30.3 Å². The number of ketones is 1. The number of benzene rings is 3. The number of ether oxygens (including phenoxy) is 3. The van der Waals surface area contributed by atoms with E-state index in [-0.39, 0.29) is 40.9 Å². The first-order chi connectivity index (χ1) is 19.0. The quantitative estimate of drug-likeness (QED) is 0.113. The number of Topliss-reactive ketones (excluding diaryl/α,β-unsaturated/α-hetero) is 1. The van der Waals surface area contributed by atoms with Gasteiger partial charge in [0, 0.05) is 11.6 Å². The highest BCUT2D eigenvalue weighted by Gasteiger charge is 2.27. The molecule has 4 rings (SSSR count). The number of rotatable bonds is 12. The lowest BCUT2D eigenvalue weighted by molar-refractivity contribution is 0.0917. The van der Waals surface area contributed by atoms with Gasteiger partial charge in [0.15, 0.2) is 12.4 Å². The van der Waals surface area contributed by atoms with Crippen molar-refractivity contribution in [2.45, 2.75) is 37.8 Å². The van der Waals surface area contributed by atoms with Gasteiger partial charge in [0.05, 0.1) is 11.1 Å². The van der Waals surface area contributed by atoms with Crippen LogP contribution in [-0.2, 0) is 16.7 Å². The molecule has 0 atom stereocenters. The van der Waals surface area contributed by atoms with Crippen LogP contribution in [0.25, 0.3) is 6.08 Å². The Hall–Kier alpha value is -4.44. The van der Waals surface area contributed by atoms with Crippen molar-refractivity contribution in [1.29, 1.82) is 0 Å². The lowest BCUT2D eigenvalue weighted by atomic mass is 9.99. The lowest BCUT2D eigenvalue weighted by Gasteiger charge is -2.29. The fraction of sp³-hybridized carbons (Fsp3) is 0.233. The zero-order valence-corrected chi connectivity index (χ0v) is 23.2. The number of nitrogens with zero attached hydrogens (tertiary/aromatic N) is 1. The van der Waals surface area contributed by atoms with Crippen LogP contribution < -0.4 is 18.4 Å². The van der Waals surface area contributed by atoms with Crippen LogP contribution in [0.5, 0.6) is 23.0 Å². The van der Waals surface area contributed by atoms with Crippen LogP contribution in [0.15, 0.2) is 83.4 Å². The topological polar surface area (TPSA) is 118 Å². The Balaban J connectivity index is 1.65. The predicted octanol–water partition coefficient (Wildman–Crippen LogP) is 6.04. The minimum atomic E-state index is -4.27. The predicted molar refractivity (Wildman–Crippen MR) is 151 cm³/mol. The van der Waals surface area contributed by atoms with Gasteiger partial charge in [-0.25, -0.2) is 0 Å². The van der Waals surface area contributed by atoms with Gasteiger partial charge < -0.3 is 18.4 Å². The first kappa shape index (κ1) is 28.6. The summed E-state index contributed by atoms with van der Waals surface area (Å²) in [4.78, 5) is 24.4. The Bertz CT molecular complexity index is 1570. The van der Waals surface area contributed by atoms with Crippen LogP contribution in [0, 0.1) is 11.8 Å². The van der Waals surface area contributed by atoms with E-state index in [0.29, 0.717) is 16.9 Å². The second-order valence-corrected chi connectivity index (χ2v) is 11.2. The lowest BCUT2D eigenvalue weighted by Crippen LogP contribution is -2.27. The van der Waals surface area contributed by atoms with E-state index in [2.05, 4.69) is 11.8 Å². The van der Waals surface area contributed by atoms with Gasteiger partial charge in [-0.05, 0) is 69.3 Å². The Morgan fingerprint density at radius 1 is 1.07 bits per heavy atom. The average molecular weight is 564 g/mol. The zero-order valence-electron chi connectivity index (χ0n) is 22.4. The summed E-state index contributed by atoms with van der Waals surface area (Å²) in [6.07, 6.45) is 5.18. The molecule has 0 aromatic heterocycles. The van der Waals surface area contributed by atoms with E-state index in [1.165, 1.54) is 36.4 Å². The Morgan fingerprint density at radius 2 is 1.82 bits per heavy atom. The molecule has 0 aliphatic carbocycles. The van der Waals surface area contributed by atoms with Crippen molar-refractivity contribution in [3.63, 3.8) is 0 Å². The van der Waals surface area contributed by atoms with Gasteiger partial charge >= 0.3 is 10.1 Å². The maximum atomic E-state index is 13.4. The molecule has 0 fully saturated rings. The standard InChI is InChI=1S/C30H29NO8S/c1-5-16-36-22-9-12-24(28(17-22)39-40(34,35)23-10-6-20(2)7-11-23)26(32)19-37-29-21(18-31-33)8-13-27-25(29)14-15-30(3,4)38-27/h5-15,17H,1,16,18-19H2,2-4H3. The SMILES string of the molecule is C=CCOc1ccc(C(=O)COc2c(CN=O)ccc3c2C=CC(C)(C)O3)c(OS(=O)(=O)c2ccc(C)cc2)c1. The molecule has 3 aromatic carbocycles. The molecule has 0 spiro atoms. The Labute approximate surface area is 233 Å². The van der Waals surface area contributed by atoms with Crippen molar-refractivity contribution in [3.8, 4) is 23.0 Å². The molecule has 1 heterocycles. The first-order valence-electron chi connectivity index (χ1n) is 12.4. The highest BCUT2D eigenvalue weighted by atomic mass is 32.2. The average Bonchev–Trinajstić information content (AvgIpc) is 2.91. The Kier molecular flexibility index (Phi) is 8.39. The first-order valence-corrected chi connectivity index (χ1v) is 13.8. The van der Waals surface area contributed by atoms with Gasteiger partial charge in [-0.1, -0.05) is 35.5 Å². The molecule has 9 nitrogen and oxygen atoms in total. The van der Waals surface area contributed by atoms with Crippen molar-refractivity contribution in [3.05, 3.63) is 100 Å². The van der Waals surface area contributed by atoms with Gasteiger partial charge in [-0.3, -0.25) is 4.79 Å². The minimum Gasteiger partial charge on any atom is -0.489 e. The van der Waals surface area contributed by atoms with Crippen molar-refractivity contribution >= 4 is 22.0 Å². The number of nitroso groups, excluding NO2 is 1. The normalized spacial score (nSPS) is 13.5. The molecular weight excluding hydrogens is 534 g/mol. The second kappa shape index (κ2) is 11.7. The van der Waals surface area contributed by atoms with E-state index >= 15 is 0 Å². The summed E-state index contributed by atoms with van der Waals surface area (Å²) >= 11 is 0. The highest BCUT2D eigenvalue weighted by molar-refractivity contribution is 7.87. The largest absolute Gasteiger partial charge is 0.489 e. The summed E-state index contributed by atoms with van der Waals surface area (Å²) in [5.74, 6) is 0.311. The summed E-state index contributed by atoms with van der Waals surface area (Å²) in [5.41, 5.74) is 1.34. The number of hydrogen-bond acceptors (Lipinski definition) is 9. The summed E-state index contributed by atoms with van der Waals surface area (Å²) in [7, 11) is -4.27. The van der Waals surface area contributed by atoms with Crippen LogP contribution in [0.3, 0.4) is 0 Å². The molecular formula is C30H29NO8S. The molecule has 0 bridgehead atoms. The molecule has 40 heavy (non-hydrogen) atoms. The van der Waals surface area contributed by atoms with Crippen LogP contribution >= 0.6 is 0 Å². The van der Waals surface area contributed by atoms with Gasteiger partial charge in [0.25, 0.3) is 0 Å². The molecule has 1 aliphatic rings. The second-order valence-electron chi connectivity index (χ2n) is 9.61. The fourth-order valence-electron chi connectivity index (χ4n) is 3.97. The van der Waals surface area contributed by atoms with Crippen LogP contribution in [0.2, 0.25) is 0 Å². The third-order valence-corrected chi connectivity index (χ3v) is 7.22. The van der Waals surface area contributed by atoms with Gasteiger partial charge in [-0.2, -0.15) is 13.3 Å². The molecule has 1 aliphatic heterocycles. The highest BCUT2D eigenvalue weighted by Crippen LogP contribution is 2.39. The maximum Gasteiger partial charge on any atom is 0.339 e. The molecule has 208 valence electrons. The Morgan fingerprint density at radius 3 is 2.52 bits per heavy atom. The number of fused-ring (bicyclic) bond motifs is 1. The smallest absolute Gasteiger partial charge is 0.339 e. The maximum absolute atomic E-state index is 13.4. The molecule has 0 unspecified atom stereocenters. The van der Waals surface area contributed by atoms with E-state index in [1.807, 2.05) is 26.8 Å². The molecule has 10 heteroatoms. The summed E-state index contributed by atoms with van der Waals surface area (Å²) in [6, 6.07) is 13.8. The summed E-state index contributed by atoms with van der Waals surface area (Å²) in [5, 5.41) is 2.96. The van der Waals surface area contributed by atoms with E-state index in [9.17, 15) is 18.1 Å². The van der Waals surface area contributed by atoms with Gasteiger partial charge in [0.1, 0.15) is 40.9 Å². The van der Waals surface area contributed by atoms with E-state index in [0.717, 1.165) is 5.56 Å². The molecule has 0 amide bonds. The van der Waals surface area contributed by atoms with Gasteiger partial charge in [-0.15, -0.1) is 0 Å². The molecule has 3 aromatic rings. The van der Waals surface area contributed by atoms with Crippen molar-refractivity contribution < 1.29 is 31.6 Å². The minimum absolute atomic E-state index is 0.0329. The number of carbonyl (C=O) groups is 1. The number of carbonyl (C=O) groups excluding carboxylic acids is 1. The van der Waals surface area contributed by atoms with Crippen LogP contribution in [-0.4, -0.2) is 33.0 Å². The third kappa shape index (κ3) is 6.58. The van der Waals surface area contributed by atoms with E-state index in [4.69, 9.17) is 18.4 Å². The third-order valence-electron chi connectivity index (χ3n) is 5.97. The molecule has 0 N–H and O–H groups in total. The summed E-state index contributed by atoms with van der Waals surface area (Å²) in [6.45, 7) is 8.73. The zero-order chi connectivity index (χ0) is 28.9. The molecule has 0 saturated heterocycles. The van der Waals surface area contributed by atoms with Crippen molar-refractivity contribution in [2.75, 3.05) is 13.2 Å². The van der Waals surface area contributed by atoms with Gasteiger partial charge in [0.2, 0.25) is 5.78 Å². The number of aryl methyl sites for hydroxylation is 1.